The highest BCUT2D eigenvalue weighted by Crippen LogP contribution is 2.50. The van der Waals surface area contributed by atoms with E-state index in [0.717, 1.165) is 38.3 Å². The van der Waals surface area contributed by atoms with Gasteiger partial charge in [-0.3, -0.25) is 4.79 Å². The van der Waals surface area contributed by atoms with Crippen molar-refractivity contribution in [2.24, 2.45) is 11.3 Å². The third-order valence-electron chi connectivity index (χ3n) is 3.65. The summed E-state index contributed by atoms with van der Waals surface area (Å²) in [7, 11) is 0. The van der Waals surface area contributed by atoms with Crippen molar-refractivity contribution in [2.45, 2.75) is 52.9 Å². The molecule has 3 nitrogen and oxygen atoms in total. The Kier molecular flexibility index (Phi) is 5.96. The molecule has 100 valence electrons. The van der Waals surface area contributed by atoms with E-state index in [1.165, 1.54) is 6.42 Å². The number of unbranched alkanes of at least 4 members (excludes halogenated alkanes) is 2. The van der Waals surface area contributed by atoms with Crippen LogP contribution in [0.5, 0.6) is 0 Å². The molecule has 0 amide bonds. The zero-order valence-electron chi connectivity index (χ0n) is 11.6. The van der Waals surface area contributed by atoms with Crippen molar-refractivity contribution in [1.82, 2.24) is 5.32 Å². The van der Waals surface area contributed by atoms with Gasteiger partial charge in [-0.25, -0.2) is 0 Å². The lowest BCUT2D eigenvalue weighted by atomic mass is 10.1. The number of esters is 1. The van der Waals surface area contributed by atoms with Crippen LogP contribution in [0.4, 0.5) is 0 Å². The van der Waals surface area contributed by atoms with Crippen molar-refractivity contribution < 1.29 is 9.53 Å². The van der Waals surface area contributed by atoms with Crippen molar-refractivity contribution in [1.29, 1.82) is 0 Å². The molecule has 0 aromatic carbocycles. The SMILES string of the molecule is CCOC(=O)CCCCCNCC1CC1(C)C. The first-order valence-electron chi connectivity index (χ1n) is 6.92. The smallest absolute Gasteiger partial charge is 0.305 e. The minimum absolute atomic E-state index is 0.0554. The molecule has 0 saturated heterocycles. The Bertz CT molecular complexity index is 238. The fraction of sp³-hybridized carbons (Fsp3) is 0.929. The minimum Gasteiger partial charge on any atom is -0.466 e. The summed E-state index contributed by atoms with van der Waals surface area (Å²) in [5.41, 5.74) is 0.580. The summed E-state index contributed by atoms with van der Waals surface area (Å²) in [6.45, 7) is 9.25. The number of nitrogens with one attached hydrogen (secondary N) is 1. The summed E-state index contributed by atoms with van der Waals surface area (Å²) >= 11 is 0. The number of hydrogen-bond donors (Lipinski definition) is 1. The Morgan fingerprint density at radius 1 is 1.35 bits per heavy atom. The fourth-order valence-electron chi connectivity index (χ4n) is 2.13. The molecule has 0 spiro atoms. The Morgan fingerprint density at radius 3 is 2.65 bits per heavy atom. The highest BCUT2D eigenvalue weighted by molar-refractivity contribution is 5.69. The van der Waals surface area contributed by atoms with Crippen LogP contribution < -0.4 is 5.32 Å². The Balaban J connectivity index is 1.80. The molecule has 3 heteroatoms. The number of rotatable bonds is 9. The molecule has 0 aromatic heterocycles. The molecule has 0 bridgehead atoms. The van der Waals surface area contributed by atoms with Crippen molar-refractivity contribution in [3.8, 4) is 0 Å². The second-order valence-corrected chi connectivity index (χ2v) is 5.71. The van der Waals surface area contributed by atoms with E-state index < -0.39 is 0 Å². The van der Waals surface area contributed by atoms with Gasteiger partial charge in [-0.1, -0.05) is 20.3 Å². The van der Waals surface area contributed by atoms with E-state index in [-0.39, 0.29) is 5.97 Å². The molecule has 1 atom stereocenters. The van der Waals surface area contributed by atoms with E-state index in [2.05, 4.69) is 19.2 Å². The van der Waals surface area contributed by atoms with Crippen LogP contribution in [0.15, 0.2) is 0 Å². The van der Waals surface area contributed by atoms with E-state index >= 15 is 0 Å². The first-order valence-corrected chi connectivity index (χ1v) is 6.92. The maximum atomic E-state index is 11.1. The van der Waals surface area contributed by atoms with Crippen LogP contribution in [0, 0.1) is 11.3 Å². The van der Waals surface area contributed by atoms with Gasteiger partial charge in [0.15, 0.2) is 0 Å². The minimum atomic E-state index is -0.0554. The zero-order valence-corrected chi connectivity index (χ0v) is 11.6. The van der Waals surface area contributed by atoms with Crippen molar-refractivity contribution in [3.05, 3.63) is 0 Å². The predicted molar refractivity (Wildman–Crippen MR) is 69.9 cm³/mol. The molecule has 1 unspecified atom stereocenters. The molecule has 1 aliphatic rings. The van der Waals surface area contributed by atoms with Crippen LogP contribution in [-0.4, -0.2) is 25.7 Å². The van der Waals surface area contributed by atoms with Gasteiger partial charge in [0, 0.05) is 6.42 Å². The van der Waals surface area contributed by atoms with Crippen LogP contribution in [-0.2, 0) is 9.53 Å². The molecular weight excluding hydrogens is 214 g/mol. The molecule has 1 rings (SSSR count). The van der Waals surface area contributed by atoms with Gasteiger partial charge in [-0.15, -0.1) is 0 Å². The maximum Gasteiger partial charge on any atom is 0.305 e. The highest BCUT2D eigenvalue weighted by Gasteiger charge is 2.44. The zero-order chi connectivity index (χ0) is 12.7. The maximum absolute atomic E-state index is 11.1. The van der Waals surface area contributed by atoms with Crippen LogP contribution in [0.3, 0.4) is 0 Å². The van der Waals surface area contributed by atoms with Gasteiger partial charge in [0.2, 0.25) is 0 Å². The van der Waals surface area contributed by atoms with Gasteiger partial charge >= 0.3 is 5.97 Å². The van der Waals surface area contributed by atoms with E-state index in [0.29, 0.717) is 18.4 Å². The Labute approximate surface area is 105 Å². The van der Waals surface area contributed by atoms with E-state index in [9.17, 15) is 4.79 Å². The van der Waals surface area contributed by atoms with E-state index in [1.807, 2.05) is 6.92 Å². The first kappa shape index (κ1) is 14.5. The molecular formula is C14H27NO2. The molecule has 1 aliphatic carbocycles. The quantitative estimate of drug-likeness (QED) is 0.498. The number of hydrogen-bond acceptors (Lipinski definition) is 3. The summed E-state index contributed by atoms with van der Waals surface area (Å²) in [5.74, 6) is 0.822. The summed E-state index contributed by atoms with van der Waals surface area (Å²) in [6.07, 6.45) is 5.16. The topological polar surface area (TPSA) is 38.3 Å². The summed E-state index contributed by atoms with van der Waals surface area (Å²) in [4.78, 5) is 11.1. The summed E-state index contributed by atoms with van der Waals surface area (Å²) in [5, 5.41) is 3.50. The van der Waals surface area contributed by atoms with Crippen molar-refractivity contribution in [3.63, 3.8) is 0 Å². The lowest BCUT2D eigenvalue weighted by molar-refractivity contribution is -0.143. The summed E-state index contributed by atoms with van der Waals surface area (Å²) in [6, 6.07) is 0. The molecule has 1 N–H and O–H groups in total. The molecule has 0 aromatic rings. The Morgan fingerprint density at radius 2 is 2.06 bits per heavy atom. The van der Waals surface area contributed by atoms with Crippen LogP contribution in [0.2, 0.25) is 0 Å². The molecule has 1 fully saturated rings. The molecule has 17 heavy (non-hydrogen) atoms. The second-order valence-electron chi connectivity index (χ2n) is 5.71. The molecule has 1 saturated carbocycles. The van der Waals surface area contributed by atoms with Gasteiger partial charge in [-0.05, 0) is 50.6 Å². The predicted octanol–water partition coefficient (Wildman–Crippen LogP) is 2.75. The van der Waals surface area contributed by atoms with Crippen molar-refractivity contribution >= 4 is 5.97 Å². The molecule has 0 radical (unpaired) electrons. The fourth-order valence-corrected chi connectivity index (χ4v) is 2.13. The van der Waals surface area contributed by atoms with Crippen LogP contribution in [0.25, 0.3) is 0 Å². The van der Waals surface area contributed by atoms with E-state index in [1.54, 1.807) is 0 Å². The lowest BCUT2D eigenvalue weighted by Gasteiger charge is -2.06. The van der Waals surface area contributed by atoms with Gasteiger partial charge < -0.3 is 10.1 Å². The monoisotopic (exact) mass is 241 g/mol. The van der Waals surface area contributed by atoms with Crippen molar-refractivity contribution in [2.75, 3.05) is 19.7 Å². The third-order valence-corrected chi connectivity index (χ3v) is 3.65. The summed E-state index contributed by atoms with van der Waals surface area (Å²) < 4.78 is 4.88. The second kappa shape index (κ2) is 7.00. The largest absolute Gasteiger partial charge is 0.466 e. The average molecular weight is 241 g/mol. The van der Waals surface area contributed by atoms with Gasteiger partial charge in [0.05, 0.1) is 6.61 Å². The lowest BCUT2D eigenvalue weighted by Crippen LogP contribution is -2.19. The number of ether oxygens (including phenoxy) is 1. The number of carbonyl (C=O) groups excluding carboxylic acids is 1. The van der Waals surface area contributed by atoms with Gasteiger partial charge in [0.1, 0.15) is 0 Å². The highest BCUT2D eigenvalue weighted by atomic mass is 16.5. The van der Waals surface area contributed by atoms with Gasteiger partial charge in [0.25, 0.3) is 0 Å². The molecule has 0 aliphatic heterocycles. The normalized spacial score (nSPS) is 21.2. The van der Waals surface area contributed by atoms with E-state index in [4.69, 9.17) is 4.74 Å². The first-order chi connectivity index (χ1) is 8.06. The standard InChI is InChI=1S/C14H27NO2/c1-4-17-13(16)8-6-5-7-9-15-11-12-10-14(12,2)3/h12,15H,4-11H2,1-3H3. The third kappa shape index (κ3) is 6.06. The average Bonchev–Trinajstić information content (AvgIpc) is 2.85. The van der Waals surface area contributed by atoms with Crippen LogP contribution in [0.1, 0.15) is 52.9 Å². The van der Waals surface area contributed by atoms with Crippen LogP contribution >= 0.6 is 0 Å². The van der Waals surface area contributed by atoms with Gasteiger partial charge in [-0.2, -0.15) is 0 Å². The number of carbonyl (C=O) groups is 1. The Hall–Kier alpha value is -0.570. The molecule has 0 heterocycles.